The summed E-state index contributed by atoms with van der Waals surface area (Å²) in [5.74, 6) is -0.140. The van der Waals surface area contributed by atoms with Gasteiger partial charge in [0.05, 0.1) is 7.11 Å². The third-order valence-electron chi connectivity index (χ3n) is 4.17. The predicted molar refractivity (Wildman–Crippen MR) is 84.7 cm³/mol. The lowest BCUT2D eigenvalue weighted by Gasteiger charge is -2.29. The number of rotatable bonds is 6. The van der Waals surface area contributed by atoms with E-state index in [1.165, 1.54) is 0 Å². The Bertz CT molecular complexity index is 532. The van der Waals surface area contributed by atoms with Crippen LogP contribution in [0.3, 0.4) is 0 Å². The molecule has 6 nitrogen and oxygen atoms in total. The summed E-state index contributed by atoms with van der Waals surface area (Å²) in [5, 5.41) is 12.2. The second-order valence-corrected chi connectivity index (χ2v) is 5.81. The Morgan fingerprint density at radius 3 is 2.17 bits per heavy atom. The molecule has 1 saturated carbocycles. The maximum Gasteiger partial charge on any atom is 0.329 e. The molecule has 6 heteroatoms. The molecule has 1 aromatic carbocycles. The van der Waals surface area contributed by atoms with E-state index in [0.29, 0.717) is 24.3 Å². The van der Waals surface area contributed by atoms with Crippen molar-refractivity contribution in [3.8, 4) is 11.5 Å². The Morgan fingerprint density at radius 2 is 1.65 bits per heavy atom. The van der Waals surface area contributed by atoms with Crippen LogP contribution in [-0.4, -0.2) is 36.2 Å². The first kappa shape index (κ1) is 17.1. The highest BCUT2D eigenvalue weighted by molar-refractivity contribution is 5.87. The summed E-state index contributed by atoms with van der Waals surface area (Å²) in [6, 6.07) is 6.87. The van der Waals surface area contributed by atoms with Crippen LogP contribution in [0.15, 0.2) is 24.3 Å². The molecule has 2 rings (SSSR count). The Morgan fingerprint density at radius 1 is 1.09 bits per heavy atom. The molecule has 2 N–H and O–H groups in total. The van der Waals surface area contributed by atoms with E-state index in [0.717, 1.165) is 25.7 Å². The molecule has 1 aliphatic carbocycles. The van der Waals surface area contributed by atoms with Gasteiger partial charge in [-0.3, -0.25) is 4.79 Å². The SMILES string of the molecule is COc1ccc(OCC(=O)NC2(C(=O)O)CCCCCC2)cc1. The molecule has 23 heavy (non-hydrogen) atoms. The van der Waals surface area contributed by atoms with E-state index in [2.05, 4.69) is 5.32 Å². The summed E-state index contributed by atoms with van der Waals surface area (Å²) in [6.45, 7) is -0.207. The van der Waals surface area contributed by atoms with Crippen LogP contribution in [0, 0.1) is 0 Å². The van der Waals surface area contributed by atoms with Crippen LogP contribution in [-0.2, 0) is 9.59 Å². The number of amides is 1. The van der Waals surface area contributed by atoms with Gasteiger partial charge in [-0.05, 0) is 37.1 Å². The zero-order chi connectivity index (χ0) is 16.7. The number of hydrogen-bond donors (Lipinski definition) is 2. The molecule has 1 aromatic rings. The fourth-order valence-electron chi connectivity index (χ4n) is 2.85. The summed E-state index contributed by atoms with van der Waals surface area (Å²) >= 11 is 0. The fourth-order valence-corrected chi connectivity index (χ4v) is 2.85. The first-order chi connectivity index (χ1) is 11.1. The number of ether oxygens (including phenoxy) is 2. The van der Waals surface area contributed by atoms with Crippen molar-refractivity contribution in [2.75, 3.05) is 13.7 Å². The lowest BCUT2D eigenvalue weighted by atomic mass is 9.90. The minimum absolute atomic E-state index is 0.207. The highest BCUT2D eigenvalue weighted by Crippen LogP contribution is 2.27. The van der Waals surface area contributed by atoms with Crippen LogP contribution in [0.5, 0.6) is 11.5 Å². The van der Waals surface area contributed by atoms with Gasteiger partial charge < -0.3 is 19.9 Å². The molecule has 0 saturated heterocycles. The van der Waals surface area contributed by atoms with Crippen LogP contribution in [0.4, 0.5) is 0 Å². The Labute approximate surface area is 135 Å². The summed E-state index contributed by atoms with van der Waals surface area (Å²) in [4.78, 5) is 23.7. The van der Waals surface area contributed by atoms with Crippen molar-refractivity contribution in [2.45, 2.75) is 44.1 Å². The molecule has 1 amide bonds. The normalized spacial score (nSPS) is 16.9. The van der Waals surface area contributed by atoms with E-state index in [4.69, 9.17) is 9.47 Å². The first-order valence-corrected chi connectivity index (χ1v) is 7.87. The van der Waals surface area contributed by atoms with Gasteiger partial charge in [-0.1, -0.05) is 25.7 Å². The van der Waals surface area contributed by atoms with Crippen molar-refractivity contribution in [3.63, 3.8) is 0 Å². The van der Waals surface area contributed by atoms with E-state index in [-0.39, 0.29) is 6.61 Å². The van der Waals surface area contributed by atoms with Gasteiger partial charge in [-0.15, -0.1) is 0 Å². The highest BCUT2D eigenvalue weighted by Gasteiger charge is 2.40. The molecule has 0 aliphatic heterocycles. The third kappa shape index (κ3) is 4.61. The molecule has 1 fully saturated rings. The number of hydrogen-bond acceptors (Lipinski definition) is 4. The highest BCUT2D eigenvalue weighted by atomic mass is 16.5. The van der Waals surface area contributed by atoms with E-state index in [1.807, 2.05) is 0 Å². The monoisotopic (exact) mass is 321 g/mol. The average molecular weight is 321 g/mol. The van der Waals surface area contributed by atoms with Crippen molar-refractivity contribution in [2.24, 2.45) is 0 Å². The van der Waals surface area contributed by atoms with Crippen molar-refractivity contribution in [1.29, 1.82) is 0 Å². The number of aliphatic carboxylic acids is 1. The zero-order valence-corrected chi connectivity index (χ0v) is 13.3. The molecule has 0 radical (unpaired) electrons. The largest absolute Gasteiger partial charge is 0.497 e. The molecule has 0 spiro atoms. The second-order valence-electron chi connectivity index (χ2n) is 5.81. The summed E-state index contributed by atoms with van der Waals surface area (Å²) in [6.07, 6.45) is 4.57. The van der Waals surface area contributed by atoms with Crippen LogP contribution < -0.4 is 14.8 Å². The molecular formula is C17H23NO5. The van der Waals surface area contributed by atoms with Gasteiger partial charge >= 0.3 is 5.97 Å². The second kappa shape index (κ2) is 7.85. The maximum atomic E-state index is 12.1. The van der Waals surface area contributed by atoms with Gasteiger partial charge in [-0.2, -0.15) is 0 Å². The molecule has 0 atom stereocenters. The van der Waals surface area contributed by atoms with E-state index in [9.17, 15) is 14.7 Å². The van der Waals surface area contributed by atoms with Crippen molar-refractivity contribution < 1.29 is 24.2 Å². The molecule has 0 unspecified atom stereocenters. The summed E-state index contributed by atoms with van der Waals surface area (Å²) in [7, 11) is 1.57. The van der Waals surface area contributed by atoms with Crippen molar-refractivity contribution in [3.05, 3.63) is 24.3 Å². The lowest BCUT2D eigenvalue weighted by Crippen LogP contribution is -2.55. The van der Waals surface area contributed by atoms with Crippen molar-refractivity contribution >= 4 is 11.9 Å². The van der Waals surface area contributed by atoms with Gasteiger partial charge in [0, 0.05) is 0 Å². The number of carbonyl (C=O) groups excluding carboxylic acids is 1. The lowest BCUT2D eigenvalue weighted by molar-refractivity contribution is -0.148. The minimum atomic E-state index is -1.16. The number of carboxylic acid groups (broad SMARTS) is 1. The topological polar surface area (TPSA) is 84.9 Å². The number of benzene rings is 1. The van der Waals surface area contributed by atoms with Gasteiger partial charge in [0.25, 0.3) is 5.91 Å². The van der Waals surface area contributed by atoms with Crippen LogP contribution >= 0.6 is 0 Å². The first-order valence-electron chi connectivity index (χ1n) is 7.87. The Kier molecular flexibility index (Phi) is 5.84. The summed E-state index contributed by atoms with van der Waals surface area (Å²) < 4.78 is 10.5. The van der Waals surface area contributed by atoms with Gasteiger partial charge in [0.15, 0.2) is 6.61 Å². The fraction of sp³-hybridized carbons (Fsp3) is 0.529. The number of nitrogens with one attached hydrogen (secondary N) is 1. The zero-order valence-electron chi connectivity index (χ0n) is 13.3. The van der Waals surface area contributed by atoms with Gasteiger partial charge in [0.2, 0.25) is 0 Å². The Hall–Kier alpha value is -2.24. The summed E-state index contributed by atoms with van der Waals surface area (Å²) in [5.41, 5.74) is -1.16. The van der Waals surface area contributed by atoms with E-state index in [1.54, 1.807) is 31.4 Å². The standard InChI is InChI=1S/C17H23NO5/c1-22-13-6-8-14(9-7-13)23-12-15(19)18-17(16(20)21)10-4-2-3-5-11-17/h6-9H,2-5,10-12H2,1H3,(H,18,19)(H,20,21). The number of methoxy groups -OCH3 is 1. The van der Waals surface area contributed by atoms with Crippen LogP contribution in [0.1, 0.15) is 38.5 Å². The number of carboxylic acids is 1. The van der Waals surface area contributed by atoms with Crippen LogP contribution in [0.25, 0.3) is 0 Å². The average Bonchev–Trinajstić information content (AvgIpc) is 2.80. The molecule has 126 valence electrons. The smallest absolute Gasteiger partial charge is 0.329 e. The Balaban J connectivity index is 1.92. The van der Waals surface area contributed by atoms with Crippen LogP contribution in [0.2, 0.25) is 0 Å². The molecule has 0 bridgehead atoms. The van der Waals surface area contributed by atoms with Gasteiger partial charge in [0.1, 0.15) is 17.0 Å². The predicted octanol–water partition coefficient (Wildman–Crippen LogP) is 2.37. The quantitative estimate of drug-likeness (QED) is 0.786. The molecular weight excluding hydrogens is 298 g/mol. The van der Waals surface area contributed by atoms with E-state index < -0.39 is 17.4 Å². The van der Waals surface area contributed by atoms with Gasteiger partial charge in [-0.25, -0.2) is 4.79 Å². The minimum Gasteiger partial charge on any atom is -0.497 e. The third-order valence-corrected chi connectivity index (χ3v) is 4.17. The number of carbonyl (C=O) groups is 2. The molecule has 0 heterocycles. The maximum absolute atomic E-state index is 12.1. The molecule has 1 aliphatic rings. The molecule has 0 aromatic heterocycles. The van der Waals surface area contributed by atoms with Crippen molar-refractivity contribution in [1.82, 2.24) is 5.32 Å². The van der Waals surface area contributed by atoms with E-state index >= 15 is 0 Å².